The summed E-state index contributed by atoms with van der Waals surface area (Å²) in [6, 6.07) is 0. The predicted octanol–water partition coefficient (Wildman–Crippen LogP) is 2.81. The molecule has 2 fully saturated rings. The topological polar surface area (TPSA) is 12.0 Å². The fourth-order valence-corrected chi connectivity index (χ4v) is 3.84. The molecule has 0 amide bonds. The van der Waals surface area contributed by atoms with Gasteiger partial charge in [-0.25, -0.2) is 0 Å². The van der Waals surface area contributed by atoms with Gasteiger partial charge in [0.1, 0.15) is 0 Å². The highest BCUT2D eigenvalue weighted by Gasteiger charge is 2.48. The van der Waals surface area contributed by atoms with Gasteiger partial charge in [-0.05, 0) is 55.5 Å². The quantitative estimate of drug-likeness (QED) is 0.606. The molecule has 1 saturated heterocycles. The van der Waals surface area contributed by atoms with E-state index in [1.807, 2.05) is 0 Å². The molecule has 1 saturated carbocycles. The van der Waals surface area contributed by atoms with Crippen LogP contribution in [0.2, 0.25) is 0 Å². The summed E-state index contributed by atoms with van der Waals surface area (Å²) in [6.45, 7) is 9.86. The molecule has 1 spiro atoms. The number of rotatable bonds is 0. The Labute approximate surface area is 82.3 Å². The molecule has 1 unspecified atom stereocenters. The van der Waals surface area contributed by atoms with Crippen LogP contribution < -0.4 is 5.32 Å². The molecule has 2 rings (SSSR count). The van der Waals surface area contributed by atoms with Gasteiger partial charge in [-0.3, -0.25) is 0 Å². The van der Waals surface area contributed by atoms with Crippen molar-refractivity contribution in [3.05, 3.63) is 0 Å². The summed E-state index contributed by atoms with van der Waals surface area (Å²) in [4.78, 5) is 0. The van der Waals surface area contributed by atoms with Crippen molar-refractivity contribution in [1.82, 2.24) is 5.32 Å². The van der Waals surface area contributed by atoms with E-state index in [1.165, 1.54) is 38.8 Å². The molecule has 1 atom stereocenters. The van der Waals surface area contributed by atoms with Gasteiger partial charge in [-0.15, -0.1) is 0 Å². The van der Waals surface area contributed by atoms with Gasteiger partial charge in [0, 0.05) is 0 Å². The summed E-state index contributed by atoms with van der Waals surface area (Å²) in [5.74, 6) is 0.949. The molecule has 2 aliphatic rings. The first-order chi connectivity index (χ1) is 6.04. The largest absolute Gasteiger partial charge is 0.317 e. The van der Waals surface area contributed by atoms with Crippen LogP contribution in [-0.2, 0) is 0 Å². The Kier molecular flexibility index (Phi) is 2.18. The molecule has 1 aliphatic carbocycles. The lowest BCUT2D eigenvalue weighted by Gasteiger charge is -2.38. The van der Waals surface area contributed by atoms with E-state index in [0.29, 0.717) is 10.8 Å². The predicted molar refractivity (Wildman–Crippen MR) is 56.7 cm³/mol. The van der Waals surface area contributed by atoms with E-state index in [-0.39, 0.29) is 0 Å². The van der Waals surface area contributed by atoms with Crippen molar-refractivity contribution in [1.29, 1.82) is 0 Å². The van der Waals surface area contributed by atoms with Crippen molar-refractivity contribution in [3.8, 4) is 0 Å². The van der Waals surface area contributed by atoms with Gasteiger partial charge in [0.05, 0.1) is 0 Å². The van der Waals surface area contributed by atoms with Crippen LogP contribution in [0.1, 0.15) is 46.5 Å². The zero-order valence-electron chi connectivity index (χ0n) is 9.32. The Morgan fingerprint density at radius 2 is 1.77 bits per heavy atom. The van der Waals surface area contributed by atoms with Crippen LogP contribution >= 0.6 is 0 Å². The van der Waals surface area contributed by atoms with E-state index in [9.17, 15) is 0 Å². The van der Waals surface area contributed by atoms with Crippen molar-refractivity contribution in [2.75, 3.05) is 13.1 Å². The molecular weight excluding hydrogens is 158 g/mol. The maximum Gasteiger partial charge on any atom is -0.00435 e. The Hall–Kier alpha value is -0.0400. The molecule has 13 heavy (non-hydrogen) atoms. The lowest BCUT2D eigenvalue weighted by molar-refractivity contribution is 0.141. The molecule has 1 nitrogen and oxygen atoms in total. The zero-order valence-corrected chi connectivity index (χ0v) is 9.32. The van der Waals surface area contributed by atoms with Crippen LogP contribution in [0.4, 0.5) is 0 Å². The van der Waals surface area contributed by atoms with Crippen LogP contribution in [0.15, 0.2) is 0 Å². The number of hydrogen-bond acceptors (Lipinski definition) is 1. The first-order valence-corrected chi connectivity index (χ1v) is 5.75. The zero-order chi connectivity index (χ0) is 9.53. The van der Waals surface area contributed by atoms with Crippen molar-refractivity contribution in [2.45, 2.75) is 46.5 Å². The van der Waals surface area contributed by atoms with E-state index >= 15 is 0 Å². The Bertz CT molecular complexity index is 189. The summed E-state index contributed by atoms with van der Waals surface area (Å²) in [5.41, 5.74) is 1.31. The second kappa shape index (κ2) is 2.98. The van der Waals surface area contributed by atoms with Crippen LogP contribution in [-0.4, -0.2) is 13.1 Å². The molecule has 1 aliphatic heterocycles. The third-order valence-electron chi connectivity index (χ3n) is 4.33. The van der Waals surface area contributed by atoms with E-state index in [0.717, 1.165) is 5.92 Å². The molecule has 1 N–H and O–H groups in total. The third kappa shape index (κ3) is 1.63. The molecule has 0 aromatic rings. The van der Waals surface area contributed by atoms with Crippen molar-refractivity contribution in [3.63, 3.8) is 0 Å². The minimum absolute atomic E-state index is 0.608. The van der Waals surface area contributed by atoms with Crippen LogP contribution in [0.3, 0.4) is 0 Å². The van der Waals surface area contributed by atoms with Gasteiger partial charge in [0.15, 0.2) is 0 Å². The first-order valence-electron chi connectivity index (χ1n) is 5.75. The minimum Gasteiger partial charge on any atom is -0.317 e. The van der Waals surface area contributed by atoms with E-state index in [1.54, 1.807) is 0 Å². The maximum absolute atomic E-state index is 3.48. The normalized spacial score (nSPS) is 36.7. The van der Waals surface area contributed by atoms with Crippen molar-refractivity contribution >= 4 is 0 Å². The molecule has 0 bridgehead atoms. The number of piperidine rings is 1. The molecule has 0 radical (unpaired) electrons. The average Bonchev–Trinajstić information content (AvgIpc) is 2.23. The lowest BCUT2D eigenvalue weighted by atomic mass is 9.71. The summed E-state index contributed by atoms with van der Waals surface area (Å²) >= 11 is 0. The molecular formula is C12H23N. The van der Waals surface area contributed by atoms with Crippen molar-refractivity contribution < 1.29 is 0 Å². The third-order valence-corrected chi connectivity index (χ3v) is 4.33. The van der Waals surface area contributed by atoms with E-state index in [4.69, 9.17) is 0 Å². The maximum atomic E-state index is 3.48. The van der Waals surface area contributed by atoms with E-state index < -0.39 is 0 Å². The minimum atomic E-state index is 0.608. The molecule has 0 aromatic carbocycles. The summed E-state index contributed by atoms with van der Waals surface area (Å²) < 4.78 is 0. The summed E-state index contributed by atoms with van der Waals surface area (Å²) in [7, 11) is 0. The van der Waals surface area contributed by atoms with Gasteiger partial charge in [-0.1, -0.05) is 20.8 Å². The molecule has 1 heterocycles. The Morgan fingerprint density at radius 1 is 1.15 bits per heavy atom. The van der Waals surface area contributed by atoms with Gasteiger partial charge in [0.2, 0.25) is 0 Å². The van der Waals surface area contributed by atoms with Gasteiger partial charge < -0.3 is 5.32 Å². The Morgan fingerprint density at radius 3 is 2.23 bits per heavy atom. The highest BCUT2D eigenvalue weighted by molar-refractivity contribution is 4.99. The Balaban J connectivity index is 2.13. The van der Waals surface area contributed by atoms with Gasteiger partial charge >= 0.3 is 0 Å². The monoisotopic (exact) mass is 181 g/mol. The van der Waals surface area contributed by atoms with Crippen LogP contribution in [0, 0.1) is 16.7 Å². The molecule has 0 aromatic heterocycles. The first kappa shape index (κ1) is 9.51. The molecule has 1 heteroatoms. The van der Waals surface area contributed by atoms with Crippen LogP contribution in [0.25, 0.3) is 0 Å². The summed E-state index contributed by atoms with van der Waals surface area (Å²) in [5, 5.41) is 3.48. The van der Waals surface area contributed by atoms with Gasteiger partial charge in [-0.2, -0.15) is 0 Å². The smallest absolute Gasteiger partial charge is 0.00435 e. The number of hydrogen-bond donors (Lipinski definition) is 1. The second-order valence-corrected chi connectivity index (χ2v) is 6.06. The second-order valence-electron chi connectivity index (χ2n) is 6.06. The SMILES string of the molecule is CC1CC(C)(C)CC12CCNCC2. The highest BCUT2D eigenvalue weighted by Crippen LogP contribution is 2.56. The fourth-order valence-electron chi connectivity index (χ4n) is 3.84. The number of nitrogens with one attached hydrogen (secondary N) is 1. The molecule has 76 valence electrons. The van der Waals surface area contributed by atoms with Gasteiger partial charge in [0.25, 0.3) is 0 Å². The van der Waals surface area contributed by atoms with Crippen molar-refractivity contribution in [2.24, 2.45) is 16.7 Å². The fraction of sp³-hybridized carbons (Fsp3) is 1.00. The lowest BCUT2D eigenvalue weighted by Crippen LogP contribution is -2.38. The standard InChI is InChI=1S/C12H23N/c1-10-8-11(2,3)9-12(10)4-6-13-7-5-12/h10,13H,4-9H2,1-3H3. The summed E-state index contributed by atoms with van der Waals surface area (Å²) in [6.07, 6.45) is 5.73. The van der Waals surface area contributed by atoms with E-state index in [2.05, 4.69) is 26.1 Å². The average molecular weight is 181 g/mol. The van der Waals surface area contributed by atoms with Crippen LogP contribution in [0.5, 0.6) is 0 Å². The highest BCUT2D eigenvalue weighted by atomic mass is 14.9.